The predicted molar refractivity (Wildman–Crippen MR) is 94.8 cm³/mol. The van der Waals surface area contributed by atoms with Gasteiger partial charge in [-0.05, 0) is 38.1 Å². The molecule has 3 aromatic rings. The van der Waals surface area contributed by atoms with Crippen molar-refractivity contribution >= 4 is 34.4 Å². The largest absolute Gasteiger partial charge is 0.451 e. The van der Waals surface area contributed by atoms with Crippen LogP contribution in [0.2, 0.25) is 5.02 Å². The lowest BCUT2D eigenvalue weighted by Crippen LogP contribution is -2.43. The summed E-state index contributed by atoms with van der Waals surface area (Å²) in [6.07, 6.45) is 0. The van der Waals surface area contributed by atoms with Crippen molar-refractivity contribution in [2.75, 3.05) is 0 Å². The van der Waals surface area contributed by atoms with E-state index in [1.165, 1.54) is 16.8 Å². The number of benzene rings is 1. The number of rotatable bonds is 3. The number of hydrogen-bond acceptors (Lipinski definition) is 5. The highest BCUT2D eigenvalue weighted by atomic mass is 35.5. The SMILES string of the molecule is Cc1cc(C)n(CC(=O)NNC(=O)c2cc(=O)c3cc(Cl)ccc3o2)n1. The Morgan fingerprint density at radius 1 is 1.19 bits per heavy atom. The van der Waals surface area contributed by atoms with Gasteiger partial charge in [0.1, 0.15) is 12.1 Å². The second-order valence-electron chi connectivity index (χ2n) is 5.70. The average molecular weight is 375 g/mol. The van der Waals surface area contributed by atoms with Crippen molar-refractivity contribution in [1.82, 2.24) is 20.6 Å². The molecule has 0 unspecified atom stereocenters. The van der Waals surface area contributed by atoms with Gasteiger partial charge in [-0.3, -0.25) is 29.9 Å². The number of nitrogens with zero attached hydrogens (tertiary/aromatic N) is 2. The maximum absolute atomic E-state index is 12.1. The average Bonchev–Trinajstić information content (AvgIpc) is 2.90. The third-order valence-electron chi connectivity index (χ3n) is 3.63. The van der Waals surface area contributed by atoms with E-state index in [9.17, 15) is 14.4 Å². The molecule has 0 saturated carbocycles. The van der Waals surface area contributed by atoms with Crippen LogP contribution >= 0.6 is 11.6 Å². The molecule has 8 nitrogen and oxygen atoms in total. The number of fused-ring (bicyclic) bond motifs is 1. The van der Waals surface area contributed by atoms with Crippen LogP contribution in [0.5, 0.6) is 0 Å². The minimum Gasteiger partial charge on any atom is -0.451 e. The first kappa shape index (κ1) is 17.7. The van der Waals surface area contributed by atoms with E-state index >= 15 is 0 Å². The number of hydrazine groups is 1. The van der Waals surface area contributed by atoms with Gasteiger partial charge in [0.2, 0.25) is 0 Å². The van der Waals surface area contributed by atoms with Crippen LogP contribution in [0.4, 0.5) is 0 Å². The van der Waals surface area contributed by atoms with E-state index in [0.29, 0.717) is 5.02 Å². The number of nitrogens with one attached hydrogen (secondary N) is 2. The standard InChI is InChI=1S/C17H15ClN4O4/c1-9-5-10(2)22(21-9)8-16(24)19-20-17(25)15-7-13(23)12-6-11(18)3-4-14(12)26-15/h3-7H,8H2,1-2H3,(H,19,24)(H,20,25). The fourth-order valence-corrected chi connectivity index (χ4v) is 2.61. The number of carbonyl (C=O) groups is 2. The lowest BCUT2D eigenvalue weighted by Gasteiger charge is -2.08. The van der Waals surface area contributed by atoms with Crippen LogP contribution in [0, 0.1) is 13.8 Å². The topological polar surface area (TPSA) is 106 Å². The molecule has 134 valence electrons. The van der Waals surface area contributed by atoms with Crippen LogP contribution in [-0.2, 0) is 11.3 Å². The lowest BCUT2D eigenvalue weighted by atomic mass is 10.2. The van der Waals surface area contributed by atoms with Crippen molar-refractivity contribution in [2.45, 2.75) is 20.4 Å². The highest BCUT2D eigenvalue weighted by molar-refractivity contribution is 6.31. The quantitative estimate of drug-likeness (QED) is 0.679. The Balaban J connectivity index is 1.69. The van der Waals surface area contributed by atoms with Gasteiger partial charge in [0.15, 0.2) is 11.2 Å². The molecule has 2 N–H and O–H groups in total. The molecule has 9 heteroatoms. The van der Waals surface area contributed by atoms with Gasteiger partial charge in [-0.15, -0.1) is 0 Å². The van der Waals surface area contributed by atoms with Gasteiger partial charge in [-0.2, -0.15) is 5.10 Å². The summed E-state index contributed by atoms with van der Waals surface area (Å²) in [6, 6.07) is 7.38. The fourth-order valence-electron chi connectivity index (χ4n) is 2.44. The molecular weight excluding hydrogens is 360 g/mol. The summed E-state index contributed by atoms with van der Waals surface area (Å²) in [5.41, 5.74) is 5.90. The Morgan fingerprint density at radius 2 is 1.96 bits per heavy atom. The highest BCUT2D eigenvalue weighted by Crippen LogP contribution is 2.17. The first-order valence-corrected chi connectivity index (χ1v) is 8.05. The smallest absolute Gasteiger partial charge is 0.305 e. The molecule has 0 spiro atoms. The second kappa shape index (κ2) is 7.01. The third-order valence-corrected chi connectivity index (χ3v) is 3.86. The molecule has 2 heterocycles. The van der Waals surface area contributed by atoms with Crippen molar-refractivity contribution in [1.29, 1.82) is 0 Å². The van der Waals surface area contributed by atoms with Gasteiger partial charge < -0.3 is 4.42 Å². The maximum atomic E-state index is 12.1. The molecule has 0 aliphatic rings. The summed E-state index contributed by atoms with van der Waals surface area (Å²) < 4.78 is 6.90. The van der Waals surface area contributed by atoms with Gasteiger partial charge in [0.05, 0.1) is 11.1 Å². The van der Waals surface area contributed by atoms with Gasteiger partial charge in [-0.25, -0.2) is 0 Å². The summed E-state index contributed by atoms with van der Waals surface area (Å²) in [5.74, 6) is -1.45. The molecular formula is C17H15ClN4O4. The Bertz CT molecular complexity index is 1070. The van der Waals surface area contributed by atoms with Crippen molar-refractivity contribution in [3.05, 3.63) is 62.7 Å². The first-order chi connectivity index (χ1) is 12.3. The van der Waals surface area contributed by atoms with Crippen LogP contribution in [0.15, 0.2) is 39.5 Å². The fraction of sp³-hybridized carbons (Fsp3) is 0.176. The zero-order valence-electron chi connectivity index (χ0n) is 14.0. The number of hydrogen-bond donors (Lipinski definition) is 2. The van der Waals surface area contributed by atoms with Crippen LogP contribution in [0.25, 0.3) is 11.0 Å². The minimum atomic E-state index is -0.749. The first-order valence-electron chi connectivity index (χ1n) is 7.67. The van der Waals surface area contributed by atoms with Gasteiger partial charge in [-0.1, -0.05) is 11.6 Å². The van der Waals surface area contributed by atoms with Crippen LogP contribution in [-0.4, -0.2) is 21.6 Å². The lowest BCUT2D eigenvalue weighted by molar-refractivity contribution is -0.122. The van der Waals surface area contributed by atoms with E-state index in [2.05, 4.69) is 16.0 Å². The minimum absolute atomic E-state index is 0.0554. The molecule has 1 aromatic carbocycles. The Hall–Kier alpha value is -3.13. The van der Waals surface area contributed by atoms with E-state index in [4.69, 9.17) is 16.0 Å². The normalized spacial score (nSPS) is 10.7. The summed E-state index contributed by atoms with van der Waals surface area (Å²) in [5, 5.41) is 4.81. The maximum Gasteiger partial charge on any atom is 0.305 e. The number of halogens is 1. The molecule has 2 amide bonds. The monoisotopic (exact) mass is 374 g/mol. The molecule has 0 aliphatic heterocycles. The molecule has 0 aliphatic carbocycles. The number of aryl methyl sites for hydroxylation is 2. The highest BCUT2D eigenvalue weighted by Gasteiger charge is 2.14. The van der Waals surface area contributed by atoms with Crippen LogP contribution in [0.1, 0.15) is 21.9 Å². The Kier molecular flexibility index (Phi) is 4.77. The van der Waals surface area contributed by atoms with Crippen LogP contribution in [0.3, 0.4) is 0 Å². The van der Waals surface area contributed by atoms with E-state index in [1.807, 2.05) is 19.9 Å². The Labute approximate surface area is 152 Å². The molecule has 2 aromatic heterocycles. The zero-order chi connectivity index (χ0) is 18.8. The van der Waals surface area contributed by atoms with E-state index in [-0.39, 0.29) is 23.3 Å². The number of aromatic nitrogens is 2. The van der Waals surface area contributed by atoms with Crippen molar-refractivity contribution < 1.29 is 14.0 Å². The van der Waals surface area contributed by atoms with E-state index in [1.54, 1.807) is 6.07 Å². The summed E-state index contributed by atoms with van der Waals surface area (Å²) in [7, 11) is 0. The molecule has 0 bridgehead atoms. The van der Waals surface area contributed by atoms with E-state index < -0.39 is 17.2 Å². The third kappa shape index (κ3) is 3.75. The summed E-state index contributed by atoms with van der Waals surface area (Å²) >= 11 is 5.84. The molecule has 3 rings (SSSR count). The zero-order valence-corrected chi connectivity index (χ0v) is 14.8. The van der Waals surface area contributed by atoms with Crippen molar-refractivity contribution in [3.8, 4) is 0 Å². The van der Waals surface area contributed by atoms with Crippen molar-refractivity contribution in [2.24, 2.45) is 0 Å². The predicted octanol–water partition coefficient (Wildman–Crippen LogP) is 1.72. The number of amides is 2. The summed E-state index contributed by atoms with van der Waals surface area (Å²) in [6.45, 7) is 3.58. The van der Waals surface area contributed by atoms with Crippen LogP contribution < -0.4 is 16.3 Å². The second-order valence-corrected chi connectivity index (χ2v) is 6.14. The van der Waals surface area contributed by atoms with Gasteiger partial charge >= 0.3 is 5.91 Å². The summed E-state index contributed by atoms with van der Waals surface area (Å²) in [4.78, 5) is 36.1. The molecule has 0 saturated heterocycles. The number of carbonyl (C=O) groups excluding carboxylic acids is 2. The molecule has 0 atom stereocenters. The Morgan fingerprint density at radius 3 is 2.65 bits per heavy atom. The molecule has 0 radical (unpaired) electrons. The van der Waals surface area contributed by atoms with E-state index in [0.717, 1.165) is 17.5 Å². The van der Waals surface area contributed by atoms with Crippen molar-refractivity contribution in [3.63, 3.8) is 0 Å². The molecule has 26 heavy (non-hydrogen) atoms. The molecule has 0 fully saturated rings. The van der Waals surface area contributed by atoms with Gasteiger partial charge in [0.25, 0.3) is 5.91 Å². The van der Waals surface area contributed by atoms with Gasteiger partial charge in [0, 0.05) is 16.8 Å².